The number of fused-ring (bicyclic) bond motifs is 1. The van der Waals surface area contributed by atoms with Crippen LogP contribution in [0.15, 0.2) is 49.1 Å². The second-order valence-corrected chi connectivity index (χ2v) is 9.69. The number of hydrogen-bond donors (Lipinski definition) is 1. The van der Waals surface area contributed by atoms with Crippen LogP contribution in [0.1, 0.15) is 56.0 Å². The summed E-state index contributed by atoms with van der Waals surface area (Å²) < 4.78 is 20.8. The third-order valence-corrected chi connectivity index (χ3v) is 7.30. The lowest BCUT2D eigenvalue weighted by molar-refractivity contribution is -0.139. The van der Waals surface area contributed by atoms with E-state index in [1.54, 1.807) is 38.0 Å². The Balaban J connectivity index is 1.31. The van der Waals surface area contributed by atoms with E-state index in [1.165, 1.54) is 0 Å². The van der Waals surface area contributed by atoms with E-state index in [4.69, 9.17) is 4.74 Å². The predicted octanol–water partition coefficient (Wildman–Crippen LogP) is 5.26. The van der Waals surface area contributed by atoms with Crippen molar-refractivity contribution < 1.29 is 19.0 Å². The fourth-order valence-electron chi connectivity index (χ4n) is 5.36. The van der Waals surface area contributed by atoms with E-state index in [2.05, 4.69) is 19.9 Å². The van der Waals surface area contributed by atoms with Crippen molar-refractivity contribution in [3.8, 4) is 5.75 Å². The fourth-order valence-corrected chi connectivity index (χ4v) is 5.36. The number of alkyl halides is 1. The number of aliphatic carboxylic acids is 1. The van der Waals surface area contributed by atoms with Crippen molar-refractivity contribution >= 4 is 16.9 Å². The first-order valence-electron chi connectivity index (χ1n) is 12.8. The number of unbranched alkanes of at least 4 members (excludes halogenated alkanes) is 1. The first kappa shape index (κ1) is 25.9. The predicted molar refractivity (Wildman–Crippen MR) is 137 cm³/mol. The molecule has 0 amide bonds. The van der Waals surface area contributed by atoms with Crippen LogP contribution in [0, 0.1) is 11.8 Å². The number of hydrogen-bond acceptors (Lipinski definition) is 6. The molecule has 1 aliphatic rings. The highest BCUT2D eigenvalue weighted by Gasteiger charge is 2.31. The van der Waals surface area contributed by atoms with E-state index in [0.29, 0.717) is 24.2 Å². The number of ether oxygens (including phenoxy) is 1. The number of carboxylic acids is 1. The molecule has 1 aromatic carbocycles. The summed E-state index contributed by atoms with van der Waals surface area (Å²) in [6.45, 7) is 2.63. The zero-order valence-corrected chi connectivity index (χ0v) is 20.9. The number of methoxy groups -OCH3 is 1. The molecule has 1 fully saturated rings. The highest BCUT2D eigenvalue weighted by Crippen LogP contribution is 2.36. The Morgan fingerprint density at radius 2 is 2.08 bits per heavy atom. The molecule has 3 aromatic rings. The summed E-state index contributed by atoms with van der Waals surface area (Å²) >= 11 is 0. The largest absolute Gasteiger partial charge is 0.497 e. The molecule has 8 heteroatoms. The van der Waals surface area contributed by atoms with Crippen LogP contribution in [0.2, 0.25) is 0 Å². The van der Waals surface area contributed by atoms with Crippen LogP contribution in [0.5, 0.6) is 5.75 Å². The molecule has 7 nitrogen and oxygen atoms in total. The Labute approximate surface area is 211 Å². The average Bonchev–Trinajstić information content (AvgIpc) is 2.90. The van der Waals surface area contributed by atoms with Gasteiger partial charge in [-0.3, -0.25) is 19.7 Å². The van der Waals surface area contributed by atoms with E-state index >= 15 is 4.39 Å². The summed E-state index contributed by atoms with van der Waals surface area (Å²) in [4.78, 5) is 26.7. The second kappa shape index (κ2) is 12.7. The molecule has 1 N–H and O–H groups in total. The monoisotopic (exact) mass is 494 g/mol. The Morgan fingerprint density at radius 3 is 2.86 bits per heavy atom. The van der Waals surface area contributed by atoms with Crippen LogP contribution >= 0.6 is 0 Å². The molecule has 0 radical (unpaired) electrons. The van der Waals surface area contributed by atoms with Gasteiger partial charge in [-0.25, -0.2) is 4.39 Å². The van der Waals surface area contributed by atoms with Crippen molar-refractivity contribution in [3.63, 3.8) is 0 Å². The van der Waals surface area contributed by atoms with Gasteiger partial charge in [0.05, 0.1) is 18.3 Å². The van der Waals surface area contributed by atoms with Gasteiger partial charge >= 0.3 is 5.97 Å². The van der Waals surface area contributed by atoms with E-state index < -0.39 is 12.1 Å². The van der Waals surface area contributed by atoms with Gasteiger partial charge in [-0.1, -0.05) is 0 Å². The number of benzene rings is 1. The molecule has 1 saturated heterocycles. The normalized spacial score (nSPS) is 19.3. The number of likely N-dealkylation sites (tertiary alicyclic amines) is 1. The minimum atomic E-state index is -1.13. The van der Waals surface area contributed by atoms with Crippen molar-refractivity contribution in [1.82, 2.24) is 19.9 Å². The van der Waals surface area contributed by atoms with E-state index in [1.807, 2.05) is 18.2 Å². The molecule has 192 valence electrons. The SMILES string of the molecule is COc1ccc2nccc([C@@H](F)CC[C@@H]3CCN(CCCCc4cnccn4)C[C@@H]3CC(=O)O)c2c1. The molecule has 0 unspecified atom stereocenters. The topological polar surface area (TPSA) is 88.4 Å². The highest BCUT2D eigenvalue weighted by molar-refractivity contribution is 5.83. The molecule has 3 atom stereocenters. The highest BCUT2D eigenvalue weighted by atomic mass is 19.1. The summed E-state index contributed by atoms with van der Waals surface area (Å²) in [7, 11) is 1.59. The lowest BCUT2D eigenvalue weighted by Crippen LogP contribution is -2.41. The molecule has 2 aromatic heterocycles. The summed E-state index contributed by atoms with van der Waals surface area (Å²) in [6, 6.07) is 7.24. The van der Waals surface area contributed by atoms with Crippen LogP contribution < -0.4 is 4.74 Å². The summed E-state index contributed by atoms with van der Waals surface area (Å²) in [5, 5.41) is 10.3. The van der Waals surface area contributed by atoms with Gasteiger partial charge in [-0.2, -0.15) is 0 Å². The van der Waals surface area contributed by atoms with Crippen molar-refractivity contribution in [2.24, 2.45) is 11.8 Å². The number of piperidine rings is 1. The van der Waals surface area contributed by atoms with Crippen LogP contribution in [-0.2, 0) is 11.2 Å². The number of pyridine rings is 1. The van der Waals surface area contributed by atoms with Gasteiger partial charge in [0.1, 0.15) is 11.9 Å². The fraction of sp³-hybridized carbons (Fsp3) is 0.500. The zero-order chi connectivity index (χ0) is 25.3. The maximum Gasteiger partial charge on any atom is 0.303 e. The number of aromatic nitrogens is 3. The van der Waals surface area contributed by atoms with Crippen molar-refractivity contribution in [3.05, 3.63) is 60.3 Å². The van der Waals surface area contributed by atoms with Gasteiger partial charge < -0.3 is 14.7 Å². The average molecular weight is 495 g/mol. The number of carbonyl (C=O) groups is 1. The molecule has 0 spiro atoms. The minimum absolute atomic E-state index is 0.0396. The van der Waals surface area contributed by atoms with Crippen LogP contribution in [0.3, 0.4) is 0 Å². The third-order valence-electron chi connectivity index (χ3n) is 7.30. The van der Waals surface area contributed by atoms with Crippen molar-refractivity contribution in [2.45, 2.75) is 51.1 Å². The molecule has 3 heterocycles. The number of rotatable bonds is 12. The van der Waals surface area contributed by atoms with E-state index in [0.717, 1.165) is 61.9 Å². The molecule has 0 aliphatic carbocycles. The molecule has 0 bridgehead atoms. The van der Waals surface area contributed by atoms with Gasteiger partial charge in [0.15, 0.2) is 0 Å². The summed E-state index contributed by atoms with van der Waals surface area (Å²) in [6.07, 6.45) is 10.7. The molecule has 0 saturated carbocycles. The smallest absolute Gasteiger partial charge is 0.303 e. The third kappa shape index (κ3) is 6.97. The van der Waals surface area contributed by atoms with Gasteiger partial charge in [0.25, 0.3) is 0 Å². The van der Waals surface area contributed by atoms with E-state index in [-0.39, 0.29) is 18.3 Å². The van der Waals surface area contributed by atoms with E-state index in [9.17, 15) is 9.90 Å². The zero-order valence-electron chi connectivity index (χ0n) is 20.9. The van der Waals surface area contributed by atoms with Crippen molar-refractivity contribution in [2.75, 3.05) is 26.7 Å². The molecular formula is C28H35FN4O3. The van der Waals surface area contributed by atoms with Gasteiger partial charge in [-0.05, 0) is 93.3 Å². The minimum Gasteiger partial charge on any atom is -0.497 e. The van der Waals surface area contributed by atoms with Crippen molar-refractivity contribution in [1.29, 1.82) is 0 Å². The summed E-state index contributed by atoms with van der Waals surface area (Å²) in [5.74, 6) is 0.142. The first-order valence-corrected chi connectivity index (χ1v) is 12.8. The standard InChI is InChI=1S/C28H35FN4O3/c1-36-23-6-8-27-25(17-23)24(9-11-32-27)26(29)7-5-20-10-15-33(19-21(20)16-28(34)35)14-3-2-4-22-18-30-12-13-31-22/h6,8-9,11-13,17-18,20-21,26H,2-5,7,10,14-16,19H2,1H3,(H,34,35)/t20-,21+,26+/m1/s1. The Morgan fingerprint density at radius 1 is 1.19 bits per heavy atom. The van der Waals surface area contributed by atoms with Crippen LogP contribution in [-0.4, -0.2) is 57.7 Å². The molecular weight excluding hydrogens is 459 g/mol. The van der Waals surface area contributed by atoms with Gasteiger partial charge in [0.2, 0.25) is 0 Å². The first-order chi connectivity index (χ1) is 17.5. The Bertz CT molecular complexity index is 1130. The Hall–Kier alpha value is -3.13. The molecule has 1 aliphatic heterocycles. The molecule has 36 heavy (non-hydrogen) atoms. The molecule has 4 rings (SSSR count). The maximum atomic E-state index is 15.5. The van der Waals surface area contributed by atoms with Crippen LogP contribution in [0.4, 0.5) is 4.39 Å². The lowest BCUT2D eigenvalue weighted by Gasteiger charge is -2.38. The number of carboxylic acid groups (broad SMARTS) is 1. The second-order valence-electron chi connectivity index (χ2n) is 9.69. The quantitative estimate of drug-likeness (QED) is 0.344. The maximum absolute atomic E-state index is 15.5. The number of aryl methyl sites for hydroxylation is 1. The van der Waals surface area contributed by atoms with Gasteiger partial charge in [0, 0.05) is 43.1 Å². The number of halogens is 1. The van der Waals surface area contributed by atoms with Crippen LogP contribution in [0.25, 0.3) is 10.9 Å². The Kier molecular flexibility index (Phi) is 9.17. The summed E-state index contributed by atoms with van der Waals surface area (Å²) in [5.41, 5.74) is 2.36. The van der Waals surface area contributed by atoms with Gasteiger partial charge in [-0.15, -0.1) is 0 Å². The number of nitrogens with zero attached hydrogens (tertiary/aromatic N) is 4. The lowest BCUT2D eigenvalue weighted by atomic mass is 9.79.